The third-order valence-electron chi connectivity index (χ3n) is 4.50. The molecule has 0 aliphatic heterocycles. The van der Waals surface area contributed by atoms with E-state index in [1.54, 1.807) is 6.07 Å². The van der Waals surface area contributed by atoms with Crippen LogP contribution in [0.5, 0.6) is 0 Å². The zero-order valence-corrected chi connectivity index (χ0v) is 12.7. The normalized spacial score (nSPS) is 16.1. The molecule has 6 heteroatoms. The average molecular weight is 288 g/mol. The number of benzene rings is 1. The third-order valence-corrected chi connectivity index (χ3v) is 4.50. The molecule has 0 bridgehead atoms. The Bertz CT molecular complexity index is 588. The quantitative estimate of drug-likeness (QED) is 0.614. The van der Waals surface area contributed by atoms with Gasteiger partial charge in [-0.15, -0.1) is 0 Å². The Balaban J connectivity index is 2.24. The van der Waals surface area contributed by atoms with Crippen LogP contribution < -0.4 is 4.90 Å². The molecule has 0 atom stereocenters. The number of rotatable bonds is 5. The summed E-state index contributed by atoms with van der Waals surface area (Å²) in [7, 11) is 6.09. The van der Waals surface area contributed by atoms with Gasteiger partial charge >= 0.3 is 0 Å². The maximum Gasteiger partial charge on any atom is 0.289 e. The first-order valence-corrected chi connectivity index (χ1v) is 6.97. The van der Waals surface area contributed by atoms with Crippen LogP contribution in [0.2, 0.25) is 0 Å². The zero-order chi connectivity index (χ0) is 15.6. The Kier molecular flexibility index (Phi) is 4.14. The fourth-order valence-corrected chi connectivity index (χ4v) is 2.87. The predicted molar refractivity (Wildman–Crippen MR) is 81.4 cm³/mol. The second kappa shape index (κ2) is 5.70. The molecule has 1 aromatic carbocycles. The van der Waals surface area contributed by atoms with E-state index < -0.39 is 4.92 Å². The van der Waals surface area contributed by atoms with Crippen molar-refractivity contribution in [2.75, 3.05) is 32.6 Å². The molecule has 6 nitrogen and oxygen atoms in total. The Morgan fingerprint density at radius 2 is 2.05 bits per heavy atom. The molecule has 1 aromatic rings. The highest BCUT2D eigenvalue weighted by molar-refractivity contribution is 5.60. The fraction of sp³-hybridized carbons (Fsp3) is 0.533. The van der Waals surface area contributed by atoms with Crippen molar-refractivity contribution in [3.05, 3.63) is 33.9 Å². The van der Waals surface area contributed by atoms with Crippen molar-refractivity contribution in [2.45, 2.75) is 24.8 Å². The summed E-state index contributed by atoms with van der Waals surface area (Å²) < 4.78 is 0. The van der Waals surface area contributed by atoms with Crippen molar-refractivity contribution in [3.63, 3.8) is 0 Å². The third kappa shape index (κ3) is 2.83. The minimum Gasteiger partial charge on any atom is -0.373 e. The molecule has 1 aliphatic carbocycles. The van der Waals surface area contributed by atoms with Crippen LogP contribution in [0.3, 0.4) is 0 Å². The van der Waals surface area contributed by atoms with Crippen LogP contribution in [-0.2, 0) is 0 Å². The number of hydrogen-bond acceptors (Lipinski definition) is 5. The van der Waals surface area contributed by atoms with E-state index in [4.69, 9.17) is 5.26 Å². The van der Waals surface area contributed by atoms with Crippen molar-refractivity contribution in [2.24, 2.45) is 0 Å². The van der Waals surface area contributed by atoms with Crippen LogP contribution in [0.1, 0.15) is 24.8 Å². The van der Waals surface area contributed by atoms with Crippen molar-refractivity contribution >= 4 is 11.4 Å². The first-order valence-electron chi connectivity index (χ1n) is 6.97. The molecule has 1 saturated carbocycles. The van der Waals surface area contributed by atoms with Crippen LogP contribution in [0.15, 0.2) is 18.2 Å². The predicted octanol–water partition coefficient (Wildman–Crippen LogP) is 2.39. The lowest BCUT2D eigenvalue weighted by Crippen LogP contribution is -2.56. The number of likely N-dealkylation sites (N-methyl/N-ethyl adjacent to an activating group) is 2. The van der Waals surface area contributed by atoms with Gasteiger partial charge in [0, 0.05) is 30.9 Å². The molecular formula is C15H20N4O2. The van der Waals surface area contributed by atoms with Gasteiger partial charge in [-0.1, -0.05) is 0 Å². The Morgan fingerprint density at radius 1 is 1.38 bits per heavy atom. The Labute approximate surface area is 124 Å². The maximum absolute atomic E-state index is 11.0. The highest BCUT2D eigenvalue weighted by atomic mass is 16.6. The Hall–Kier alpha value is -2.13. The number of nitro benzene ring substituents is 1. The highest BCUT2D eigenvalue weighted by Gasteiger charge is 2.40. The number of nitrogens with zero attached hydrogens (tertiary/aromatic N) is 4. The molecule has 0 aromatic heterocycles. The van der Waals surface area contributed by atoms with Crippen molar-refractivity contribution in [1.29, 1.82) is 5.26 Å². The molecule has 0 heterocycles. The maximum atomic E-state index is 11.0. The summed E-state index contributed by atoms with van der Waals surface area (Å²) in [4.78, 5) is 14.8. The van der Waals surface area contributed by atoms with E-state index in [-0.39, 0.29) is 16.8 Å². The van der Waals surface area contributed by atoms with Gasteiger partial charge in [0.2, 0.25) is 0 Å². The second-order valence-electron chi connectivity index (χ2n) is 5.90. The standard InChI is InChI=1S/C15H20N4O2/c1-17(2)15(7-4-8-15)11-18(3)13-6-5-12(10-16)14(9-13)19(20)21/h5-6,9H,4,7-8,11H2,1-3H3. The number of nitro groups is 1. The summed E-state index contributed by atoms with van der Waals surface area (Å²) in [5.41, 5.74) is 0.892. The molecule has 1 fully saturated rings. The lowest BCUT2D eigenvalue weighted by Gasteiger charge is -2.49. The number of hydrogen-bond donors (Lipinski definition) is 0. The molecule has 1 aliphatic rings. The lowest BCUT2D eigenvalue weighted by molar-refractivity contribution is -0.385. The fourth-order valence-electron chi connectivity index (χ4n) is 2.87. The lowest BCUT2D eigenvalue weighted by atomic mass is 9.75. The van der Waals surface area contributed by atoms with Gasteiger partial charge in [-0.05, 0) is 45.5 Å². The summed E-state index contributed by atoms with van der Waals surface area (Å²) in [6.07, 6.45) is 3.50. The van der Waals surface area contributed by atoms with E-state index in [0.717, 1.165) is 25.1 Å². The monoisotopic (exact) mass is 288 g/mol. The topological polar surface area (TPSA) is 73.4 Å². The van der Waals surface area contributed by atoms with Gasteiger partial charge in [-0.25, -0.2) is 0 Å². The van der Waals surface area contributed by atoms with Gasteiger partial charge in [0.05, 0.1) is 4.92 Å². The number of anilines is 1. The number of nitriles is 1. The SMILES string of the molecule is CN(CC1(N(C)C)CCC1)c1ccc(C#N)c([N+](=O)[O-])c1. The van der Waals surface area contributed by atoms with Gasteiger partial charge in [0.25, 0.3) is 5.69 Å². The molecule has 0 unspecified atom stereocenters. The molecule has 0 N–H and O–H groups in total. The average Bonchev–Trinajstić information content (AvgIpc) is 2.41. The molecule has 0 spiro atoms. The molecule has 0 radical (unpaired) electrons. The zero-order valence-electron chi connectivity index (χ0n) is 12.7. The van der Waals surface area contributed by atoms with E-state index in [1.807, 2.05) is 18.0 Å². The minimum absolute atomic E-state index is 0.100. The Morgan fingerprint density at radius 3 is 2.48 bits per heavy atom. The molecule has 21 heavy (non-hydrogen) atoms. The van der Waals surface area contributed by atoms with Gasteiger partial charge in [-0.3, -0.25) is 10.1 Å². The van der Waals surface area contributed by atoms with Crippen LogP contribution in [-0.4, -0.2) is 43.0 Å². The van der Waals surface area contributed by atoms with Gasteiger partial charge < -0.3 is 9.80 Å². The summed E-state index contributed by atoms with van der Waals surface area (Å²) >= 11 is 0. The van der Waals surface area contributed by atoms with Crippen LogP contribution in [0, 0.1) is 21.4 Å². The van der Waals surface area contributed by atoms with Crippen molar-refractivity contribution < 1.29 is 4.92 Å². The van der Waals surface area contributed by atoms with Gasteiger partial charge in [0.15, 0.2) is 0 Å². The van der Waals surface area contributed by atoms with Crippen LogP contribution in [0.25, 0.3) is 0 Å². The van der Waals surface area contributed by atoms with E-state index >= 15 is 0 Å². The van der Waals surface area contributed by atoms with Crippen molar-refractivity contribution in [1.82, 2.24) is 4.90 Å². The second-order valence-corrected chi connectivity index (χ2v) is 5.90. The molecule has 0 amide bonds. The van der Waals surface area contributed by atoms with E-state index in [9.17, 15) is 10.1 Å². The molecule has 2 rings (SSSR count). The van der Waals surface area contributed by atoms with E-state index in [2.05, 4.69) is 19.0 Å². The van der Waals surface area contributed by atoms with Gasteiger partial charge in [0.1, 0.15) is 11.6 Å². The summed E-state index contributed by atoms with van der Waals surface area (Å²) in [6, 6.07) is 6.64. The summed E-state index contributed by atoms with van der Waals surface area (Å²) in [5, 5.41) is 20.0. The summed E-state index contributed by atoms with van der Waals surface area (Å²) in [5.74, 6) is 0. The smallest absolute Gasteiger partial charge is 0.289 e. The molecular weight excluding hydrogens is 268 g/mol. The minimum atomic E-state index is -0.499. The van der Waals surface area contributed by atoms with E-state index in [0.29, 0.717) is 0 Å². The first-order chi connectivity index (χ1) is 9.89. The van der Waals surface area contributed by atoms with Crippen LogP contribution >= 0.6 is 0 Å². The molecule has 0 saturated heterocycles. The highest BCUT2D eigenvalue weighted by Crippen LogP contribution is 2.37. The van der Waals surface area contributed by atoms with E-state index in [1.165, 1.54) is 18.6 Å². The van der Waals surface area contributed by atoms with Gasteiger partial charge in [-0.2, -0.15) is 5.26 Å². The summed E-state index contributed by atoms with van der Waals surface area (Å²) in [6.45, 7) is 0.822. The molecule has 112 valence electrons. The first kappa shape index (κ1) is 15.3. The van der Waals surface area contributed by atoms with Crippen LogP contribution in [0.4, 0.5) is 11.4 Å². The largest absolute Gasteiger partial charge is 0.373 e. The van der Waals surface area contributed by atoms with Crippen molar-refractivity contribution in [3.8, 4) is 6.07 Å².